The van der Waals surface area contributed by atoms with E-state index in [0.717, 1.165) is 0 Å². The minimum atomic E-state index is -0.496. The first-order valence-electron chi connectivity index (χ1n) is 7.44. The van der Waals surface area contributed by atoms with Gasteiger partial charge >= 0.3 is 0 Å². The number of hydrogen-bond acceptors (Lipinski definition) is 4. The van der Waals surface area contributed by atoms with Crippen LogP contribution in [0.15, 0.2) is 36.4 Å². The van der Waals surface area contributed by atoms with Gasteiger partial charge in [0.15, 0.2) is 0 Å². The van der Waals surface area contributed by atoms with Crippen molar-refractivity contribution in [2.75, 3.05) is 18.9 Å². The molecule has 2 rings (SSSR count). The molecule has 0 saturated carbocycles. The molecule has 0 bridgehead atoms. The van der Waals surface area contributed by atoms with Crippen molar-refractivity contribution in [3.05, 3.63) is 68.5 Å². The van der Waals surface area contributed by atoms with Crippen molar-refractivity contribution in [2.24, 2.45) is 0 Å². The molecule has 2 aromatic carbocycles. The highest BCUT2D eigenvalue weighted by Gasteiger charge is 2.14. The molecule has 0 aromatic heterocycles. The number of nitro groups is 1. The zero-order valence-corrected chi connectivity index (χ0v) is 14.5. The van der Waals surface area contributed by atoms with Crippen molar-refractivity contribution in [2.45, 2.75) is 13.5 Å². The Balaban J connectivity index is 1.99. The minimum absolute atomic E-state index is 0.0150. The Labute approximate surface area is 149 Å². The van der Waals surface area contributed by atoms with Gasteiger partial charge in [-0.1, -0.05) is 17.7 Å². The standard InChI is InChI=1S/C17H17ClFN3O3/c1-11-8-12(22(24)25)6-7-16(11)20-17(23)10-21(2)9-13-14(18)4-3-5-15(13)19/h3-8H,9-10H2,1-2H3,(H,20,23). The summed E-state index contributed by atoms with van der Waals surface area (Å²) in [4.78, 5) is 24.0. The van der Waals surface area contributed by atoms with Crippen LogP contribution in [0.25, 0.3) is 0 Å². The largest absolute Gasteiger partial charge is 0.325 e. The Morgan fingerprint density at radius 3 is 2.68 bits per heavy atom. The number of anilines is 1. The molecule has 2 aromatic rings. The summed E-state index contributed by atoms with van der Waals surface area (Å²) in [6.07, 6.45) is 0. The van der Waals surface area contributed by atoms with Gasteiger partial charge in [0.25, 0.3) is 5.69 Å². The van der Waals surface area contributed by atoms with E-state index in [-0.39, 0.29) is 24.7 Å². The van der Waals surface area contributed by atoms with Crippen LogP contribution in [0.3, 0.4) is 0 Å². The van der Waals surface area contributed by atoms with Crippen molar-refractivity contribution < 1.29 is 14.1 Å². The number of benzene rings is 2. The van der Waals surface area contributed by atoms with Crippen LogP contribution in [0, 0.1) is 22.9 Å². The molecule has 1 amide bonds. The van der Waals surface area contributed by atoms with Crippen molar-refractivity contribution >= 4 is 28.9 Å². The highest BCUT2D eigenvalue weighted by atomic mass is 35.5. The van der Waals surface area contributed by atoms with E-state index in [1.54, 1.807) is 24.9 Å². The molecule has 132 valence electrons. The summed E-state index contributed by atoms with van der Waals surface area (Å²) >= 11 is 5.98. The second-order valence-electron chi connectivity index (χ2n) is 5.68. The van der Waals surface area contributed by atoms with Gasteiger partial charge in [-0.15, -0.1) is 0 Å². The quantitative estimate of drug-likeness (QED) is 0.624. The van der Waals surface area contributed by atoms with Crippen LogP contribution < -0.4 is 5.32 Å². The second kappa shape index (κ2) is 8.04. The molecule has 1 N–H and O–H groups in total. The summed E-state index contributed by atoms with van der Waals surface area (Å²) < 4.78 is 13.8. The lowest BCUT2D eigenvalue weighted by Gasteiger charge is -2.18. The van der Waals surface area contributed by atoms with Gasteiger partial charge in [-0.3, -0.25) is 19.8 Å². The molecule has 25 heavy (non-hydrogen) atoms. The molecule has 0 aliphatic carbocycles. The maximum Gasteiger partial charge on any atom is 0.269 e. The average molecular weight is 366 g/mol. The smallest absolute Gasteiger partial charge is 0.269 e. The fraction of sp³-hybridized carbons (Fsp3) is 0.235. The van der Waals surface area contributed by atoms with Crippen molar-refractivity contribution in [3.63, 3.8) is 0 Å². The van der Waals surface area contributed by atoms with Crippen LogP contribution in [0.2, 0.25) is 5.02 Å². The highest BCUT2D eigenvalue weighted by molar-refractivity contribution is 6.31. The lowest BCUT2D eigenvalue weighted by atomic mass is 10.1. The number of carbonyl (C=O) groups excluding carboxylic acids is 1. The molecule has 0 saturated heterocycles. The molecule has 6 nitrogen and oxygen atoms in total. The van der Waals surface area contributed by atoms with Gasteiger partial charge in [0.05, 0.1) is 11.5 Å². The van der Waals surface area contributed by atoms with Gasteiger partial charge < -0.3 is 5.32 Å². The molecule has 0 heterocycles. The van der Waals surface area contributed by atoms with Crippen molar-refractivity contribution in [3.8, 4) is 0 Å². The Morgan fingerprint density at radius 1 is 1.36 bits per heavy atom. The summed E-state index contributed by atoms with van der Waals surface area (Å²) in [7, 11) is 1.67. The molecule has 0 spiro atoms. The van der Waals surface area contributed by atoms with Gasteiger partial charge in [-0.2, -0.15) is 0 Å². The maximum absolute atomic E-state index is 13.8. The third-order valence-electron chi connectivity index (χ3n) is 3.60. The fourth-order valence-electron chi connectivity index (χ4n) is 2.35. The second-order valence-corrected chi connectivity index (χ2v) is 6.08. The number of aryl methyl sites for hydroxylation is 1. The van der Waals surface area contributed by atoms with Gasteiger partial charge in [0, 0.05) is 35.0 Å². The Hall–Kier alpha value is -2.51. The van der Waals surface area contributed by atoms with Gasteiger partial charge in [-0.05, 0) is 37.7 Å². The number of amides is 1. The lowest BCUT2D eigenvalue weighted by molar-refractivity contribution is -0.384. The molecule has 0 aliphatic rings. The first-order chi connectivity index (χ1) is 11.8. The van der Waals surface area contributed by atoms with E-state index < -0.39 is 10.7 Å². The molecule has 8 heteroatoms. The number of rotatable bonds is 6. The van der Waals surface area contributed by atoms with Crippen LogP contribution in [0.4, 0.5) is 15.8 Å². The number of likely N-dealkylation sites (N-methyl/N-ethyl adjacent to an activating group) is 1. The summed E-state index contributed by atoms with van der Waals surface area (Å²) in [5.41, 5.74) is 1.36. The van der Waals surface area contributed by atoms with Crippen molar-refractivity contribution in [1.82, 2.24) is 4.90 Å². The minimum Gasteiger partial charge on any atom is -0.325 e. The molecule has 0 radical (unpaired) electrons. The van der Waals surface area contributed by atoms with E-state index >= 15 is 0 Å². The van der Waals surface area contributed by atoms with Crippen LogP contribution in [0.1, 0.15) is 11.1 Å². The SMILES string of the molecule is Cc1cc([N+](=O)[O-])ccc1NC(=O)CN(C)Cc1c(F)cccc1Cl. The average Bonchev–Trinajstić information content (AvgIpc) is 2.52. The van der Waals surface area contributed by atoms with Crippen molar-refractivity contribution in [1.29, 1.82) is 0 Å². The van der Waals surface area contributed by atoms with E-state index in [1.165, 1.54) is 30.3 Å². The summed E-state index contributed by atoms with van der Waals surface area (Å²) in [6, 6.07) is 8.62. The Bertz CT molecular complexity index is 793. The number of non-ortho nitro benzene ring substituents is 1. The van der Waals surface area contributed by atoms with Gasteiger partial charge in [0.2, 0.25) is 5.91 Å². The van der Waals surface area contributed by atoms with Gasteiger partial charge in [-0.25, -0.2) is 4.39 Å². The van der Waals surface area contributed by atoms with E-state index in [2.05, 4.69) is 5.32 Å². The predicted molar refractivity (Wildman–Crippen MR) is 94.2 cm³/mol. The number of nitrogens with one attached hydrogen (secondary N) is 1. The first-order valence-corrected chi connectivity index (χ1v) is 7.82. The highest BCUT2D eigenvalue weighted by Crippen LogP contribution is 2.22. The summed E-state index contributed by atoms with van der Waals surface area (Å²) in [5, 5.41) is 13.7. The number of nitrogens with zero attached hydrogens (tertiary/aromatic N) is 2. The van der Waals surface area contributed by atoms with E-state index in [0.29, 0.717) is 21.8 Å². The number of nitro benzene ring substituents is 1. The molecule has 0 fully saturated rings. The maximum atomic E-state index is 13.8. The van der Waals surface area contributed by atoms with Gasteiger partial charge in [0.1, 0.15) is 5.82 Å². The summed E-state index contributed by atoms with van der Waals surface area (Å²) in [5.74, 6) is -0.738. The molecular weight excluding hydrogens is 349 g/mol. The van der Waals surface area contributed by atoms with E-state index in [1.807, 2.05) is 0 Å². The fourth-order valence-corrected chi connectivity index (χ4v) is 2.57. The molecular formula is C17H17ClFN3O3. The normalized spacial score (nSPS) is 10.8. The van der Waals surface area contributed by atoms with E-state index in [4.69, 9.17) is 11.6 Å². The predicted octanol–water partition coefficient (Wildman–Crippen LogP) is 3.77. The molecule has 0 atom stereocenters. The van der Waals surface area contributed by atoms with Crippen LogP contribution >= 0.6 is 11.6 Å². The summed E-state index contributed by atoms with van der Waals surface area (Å²) in [6.45, 7) is 1.87. The third kappa shape index (κ3) is 4.98. The molecule has 0 aliphatic heterocycles. The lowest BCUT2D eigenvalue weighted by Crippen LogP contribution is -2.30. The van der Waals surface area contributed by atoms with Crippen LogP contribution in [-0.2, 0) is 11.3 Å². The number of hydrogen-bond donors (Lipinski definition) is 1. The number of halogens is 2. The zero-order chi connectivity index (χ0) is 18.6. The third-order valence-corrected chi connectivity index (χ3v) is 3.95. The Kier molecular flexibility index (Phi) is 6.06. The Morgan fingerprint density at radius 2 is 2.08 bits per heavy atom. The topological polar surface area (TPSA) is 75.5 Å². The van der Waals surface area contributed by atoms with E-state index in [9.17, 15) is 19.3 Å². The number of carbonyl (C=O) groups is 1. The monoisotopic (exact) mass is 365 g/mol. The zero-order valence-electron chi connectivity index (χ0n) is 13.8. The first kappa shape index (κ1) is 18.8. The molecule has 0 unspecified atom stereocenters. The van der Waals surface area contributed by atoms with Crippen LogP contribution in [0.5, 0.6) is 0 Å². The van der Waals surface area contributed by atoms with Crippen LogP contribution in [-0.4, -0.2) is 29.3 Å².